The van der Waals surface area contributed by atoms with Gasteiger partial charge in [-0.1, -0.05) is 0 Å². The van der Waals surface area contributed by atoms with E-state index in [1.54, 1.807) is 0 Å². The number of rotatable bonds is 1. The second-order valence-electron chi connectivity index (χ2n) is 4.40. The van der Waals surface area contributed by atoms with Crippen molar-refractivity contribution in [3.05, 3.63) is 17.0 Å². The topological polar surface area (TPSA) is 39.1 Å². The molecule has 0 aromatic carbocycles. The number of hydrogen-bond acceptors (Lipinski definition) is 3. The molecule has 1 fully saturated rings. The molecule has 4 nitrogen and oxygen atoms in total. The number of aryl methyl sites for hydroxylation is 1. The lowest BCUT2D eigenvalue weighted by Gasteiger charge is -2.18. The third-order valence-electron chi connectivity index (χ3n) is 3.42. The van der Waals surface area contributed by atoms with Gasteiger partial charge in [0.15, 0.2) is 0 Å². The van der Waals surface area contributed by atoms with Crippen LogP contribution in [0.1, 0.15) is 29.4 Å². The smallest absolute Gasteiger partial charge is 0.0778 e. The number of nitrogens with zero attached hydrogens (tertiary/aromatic N) is 2. The molecule has 0 saturated carbocycles. The first kappa shape index (κ1) is 9.36. The van der Waals surface area contributed by atoms with E-state index in [4.69, 9.17) is 4.74 Å². The van der Waals surface area contributed by atoms with Crippen molar-refractivity contribution in [3.63, 3.8) is 0 Å². The van der Waals surface area contributed by atoms with E-state index in [0.29, 0.717) is 6.04 Å². The van der Waals surface area contributed by atoms with Gasteiger partial charge in [-0.25, -0.2) is 0 Å². The van der Waals surface area contributed by atoms with Crippen molar-refractivity contribution in [1.82, 2.24) is 15.1 Å². The van der Waals surface area contributed by atoms with Gasteiger partial charge in [-0.05, 0) is 31.9 Å². The van der Waals surface area contributed by atoms with Crippen molar-refractivity contribution >= 4 is 0 Å². The highest BCUT2D eigenvalue weighted by Crippen LogP contribution is 2.25. The first-order chi connectivity index (χ1) is 7.36. The predicted molar refractivity (Wildman–Crippen MR) is 56.8 cm³/mol. The first-order valence-electron chi connectivity index (χ1n) is 5.71. The minimum Gasteiger partial charge on any atom is -0.379 e. The monoisotopic (exact) mass is 207 g/mol. The van der Waals surface area contributed by atoms with Crippen LogP contribution >= 0.6 is 0 Å². The fraction of sp³-hybridized carbons (Fsp3) is 0.727. The van der Waals surface area contributed by atoms with Crippen LogP contribution < -0.4 is 5.32 Å². The molecule has 1 N–H and O–H groups in total. The van der Waals surface area contributed by atoms with Gasteiger partial charge in [0, 0.05) is 13.2 Å². The highest BCUT2D eigenvalue weighted by Gasteiger charge is 2.25. The average molecular weight is 207 g/mol. The number of nitrogens with one attached hydrogen (secondary N) is 1. The van der Waals surface area contributed by atoms with Crippen LogP contribution in [0.15, 0.2) is 0 Å². The van der Waals surface area contributed by atoms with E-state index < -0.39 is 0 Å². The second-order valence-corrected chi connectivity index (χ2v) is 4.40. The van der Waals surface area contributed by atoms with Crippen LogP contribution in [-0.2, 0) is 17.7 Å². The second kappa shape index (κ2) is 3.61. The SMILES string of the molecule is Cc1nn(C2CCOC2)c2c1CCNC2. The van der Waals surface area contributed by atoms with Crippen molar-refractivity contribution in [1.29, 1.82) is 0 Å². The maximum absolute atomic E-state index is 5.43. The standard InChI is InChI=1S/C11H17N3O/c1-8-10-2-4-12-6-11(10)14(13-8)9-3-5-15-7-9/h9,12H,2-7H2,1H3. The molecule has 82 valence electrons. The summed E-state index contributed by atoms with van der Waals surface area (Å²) in [4.78, 5) is 0. The molecule has 2 aliphatic rings. The molecule has 2 aliphatic heterocycles. The molecule has 0 bridgehead atoms. The molecule has 3 rings (SSSR count). The fourth-order valence-electron chi connectivity index (χ4n) is 2.58. The Kier molecular flexibility index (Phi) is 2.25. The lowest BCUT2D eigenvalue weighted by Crippen LogP contribution is -2.26. The molecule has 0 aliphatic carbocycles. The summed E-state index contributed by atoms with van der Waals surface area (Å²) in [5.74, 6) is 0. The van der Waals surface area contributed by atoms with Crippen LogP contribution in [0, 0.1) is 6.92 Å². The molecule has 15 heavy (non-hydrogen) atoms. The molecule has 1 saturated heterocycles. The molecule has 1 unspecified atom stereocenters. The van der Waals surface area contributed by atoms with E-state index in [1.807, 2.05) is 0 Å². The highest BCUT2D eigenvalue weighted by molar-refractivity contribution is 5.28. The Labute approximate surface area is 89.6 Å². The van der Waals surface area contributed by atoms with Crippen LogP contribution in [0.5, 0.6) is 0 Å². The summed E-state index contributed by atoms with van der Waals surface area (Å²) in [6.45, 7) is 5.88. The summed E-state index contributed by atoms with van der Waals surface area (Å²) in [7, 11) is 0. The Bertz CT molecular complexity index is 366. The van der Waals surface area contributed by atoms with Gasteiger partial charge < -0.3 is 10.1 Å². The lowest BCUT2D eigenvalue weighted by molar-refractivity contribution is 0.183. The zero-order chi connectivity index (χ0) is 10.3. The third-order valence-corrected chi connectivity index (χ3v) is 3.42. The molecular formula is C11H17N3O. The van der Waals surface area contributed by atoms with Gasteiger partial charge in [-0.15, -0.1) is 0 Å². The van der Waals surface area contributed by atoms with Crippen LogP contribution in [-0.4, -0.2) is 29.5 Å². The quantitative estimate of drug-likeness (QED) is 0.740. The Balaban J connectivity index is 1.99. The van der Waals surface area contributed by atoms with E-state index in [9.17, 15) is 0 Å². The Morgan fingerprint density at radius 1 is 1.53 bits per heavy atom. The van der Waals surface area contributed by atoms with Gasteiger partial charge in [-0.2, -0.15) is 5.10 Å². The summed E-state index contributed by atoms with van der Waals surface area (Å²) >= 11 is 0. The summed E-state index contributed by atoms with van der Waals surface area (Å²) in [6, 6.07) is 0.465. The zero-order valence-electron chi connectivity index (χ0n) is 9.12. The van der Waals surface area contributed by atoms with Crippen molar-refractivity contribution in [3.8, 4) is 0 Å². The first-order valence-corrected chi connectivity index (χ1v) is 5.71. The minimum atomic E-state index is 0.465. The van der Waals surface area contributed by atoms with E-state index >= 15 is 0 Å². The predicted octanol–water partition coefficient (Wildman–Crippen LogP) is 0.799. The third kappa shape index (κ3) is 1.48. The molecule has 1 atom stereocenters. The Morgan fingerprint density at radius 2 is 2.47 bits per heavy atom. The van der Waals surface area contributed by atoms with Crippen LogP contribution in [0.25, 0.3) is 0 Å². The largest absolute Gasteiger partial charge is 0.379 e. The molecule has 0 amide bonds. The van der Waals surface area contributed by atoms with Crippen molar-refractivity contribution < 1.29 is 4.74 Å². The maximum atomic E-state index is 5.43. The molecule has 3 heterocycles. The molecule has 0 radical (unpaired) electrons. The average Bonchev–Trinajstić information content (AvgIpc) is 2.87. The van der Waals surface area contributed by atoms with E-state index in [-0.39, 0.29) is 0 Å². The number of hydrogen-bond donors (Lipinski definition) is 1. The van der Waals surface area contributed by atoms with Gasteiger partial charge >= 0.3 is 0 Å². The fourth-order valence-corrected chi connectivity index (χ4v) is 2.58. The minimum absolute atomic E-state index is 0.465. The number of ether oxygens (including phenoxy) is 1. The molecule has 1 aromatic heterocycles. The lowest BCUT2D eigenvalue weighted by atomic mass is 10.1. The highest BCUT2D eigenvalue weighted by atomic mass is 16.5. The molecular weight excluding hydrogens is 190 g/mol. The van der Waals surface area contributed by atoms with Crippen molar-refractivity contribution in [2.75, 3.05) is 19.8 Å². The summed E-state index contributed by atoms with van der Waals surface area (Å²) in [5, 5.41) is 8.09. The molecule has 0 spiro atoms. The summed E-state index contributed by atoms with van der Waals surface area (Å²) < 4.78 is 7.63. The number of aromatic nitrogens is 2. The van der Waals surface area contributed by atoms with Gasteiger partial charge in [0.05, 0.1) is 24.0 Å². The van der Waals surface area contributed by atoms with Gasteiger partial charge in [0.25, 0.3) is 0 Å². The normalized spacial score (nSPS) is 25.5. The number of fused-ring (bicyclic) bond motifs is 1. The zero-order valence-corrected chi connectivity index (χ0v) is 9.12. The van der Waals surface area contributed by atoms with Crippen LogP contribution in [0.3, 0.4) is 0 Å². The summed E-state index contributed by atoms with van der Waals surface area (Å²) in [5.41, 5.74) is 4.05. The van der Waals surface area contributed by atoms with Crippen molar-refractivity contribution in [2.24, 2.45) is 0 Å². The van der Waals surface area contributed by atoms with E-state index in [1.165, 1.54) is 17.0 Å². The maximum Gasteiger partial charge on any atom is 0.0778 e. The van der Waals surface area contributed by atoms with Crippen molar-refractivity contribution in [2.45, 2.75) is 32.4 Å². The molecule has 1 aromatic rings. The summed E-state index contributed by atoms with van der Waals surface area (Å²) in [6.07, 6.45) is 2.22. The van der Waals surface area contributed by atoms with E-state index in [0.717, 1.165) is 39.1 Å². The van der Waals surface area contributed by atoms with Crippen LogP contribution in [0.2, 0.25) is 0 Å². The van der Waals surface area contributed by atoms with E-state index in [2.05, 4.69) is 22.0 Å². The Morgan fingerprint density at radius 3 is 3.27 bits per heavy atom. The van der Waals surface area contributed by atoms with Gasteiger partial charge in [-0.3, -0.25) is 4.68 Å². The Hall–Kier alpha value is -0.870. The van der Waals surface area contributed by atoms with Crippen LogP contribution in [0.4, 0.5) is 0 Å². The van der Waals surface area contributed by atoms with Gasteiger partial charge in [0.2, 0.25) is 0 Å². The molecule has 4 heteroatoms. The van der Waals surface area contributed by atoms with Gasteiger partial charge in [0.1, 0.15) is 0 Å².